The summed E-state index contributed by atoms with van der Waals surface area (Å²) >= 11 is 0. The predicted octanol–water partition coefficient (Wildman–Crippen LogP) is 3.14. The van der Waals surface area contributed by atoms with Gasteiger partial charge in [-0.2, -0.15) is 4.98 Å². The van der Waals surface area contributed by atoms with Crippen molar-refractivity contribution in [2.24, 2.45) is 0 Å². The number of hydrogen-bond acceptors (Lipinski definition) is 6. The van der Waals surface area contributed by atoms with Crippen LogP contribution < -0.4 is 9.47 Å². The smallest absolute Gasteiger partial charge is 0.264 e. The van der Waals surface area contributed by atoms with Crippen molar-refractivity contribution < 1.29 is 18.8 Å². The Morgan fingerprint density at radius 1 is 1.13 bits per heavy atom. The molecule has 6 nitrogen and oxygen atoms in total. The maximum Gasteiger partial charge on any atom is 0.264 e. The molecule has 0 bridgehead atoms. The van der Waals surface area contributed by atoms with E-state index in [1.807, 2.05) is 30.3 Å². The lowest BCUT2D eigenvalue weighted by Gasteiger charge is -2.09. The molecule has 6 heteroatoms. The number of nitrogens with zero attached hydrogens (tertiary/aromatic N) is 2. The van der Waals surface area contributed by atoms with Gasteiger partial charge in [0.2, 0.25) is 5.82 Å². The summed E-state index contributed by atoms with van der Waals surface area (Å²) in [6.45, 7) is 0.108. The molecule has 0 aliphatic rings. The first-order valence-electron chi connectivity index (χ1n) is 6.94. The maximum absolute atomic E-state index is 10.8. The highest BCUT2D eigenvalue weighted by Gasteiger charge is 2.11. The van der Waals surface area contributed by atoms with E-state index >= 15 is 0 Å². The molecule has 116 valence electrons. The van der Waals surface area contributed by atoms with Gasteiger partial charge in [0, 0.05) is 11.1 Å². The van der Waals surface area contributed by atoms with Crippen molar-refractivity contribution in [3.05, 3.63) is 60.0 Å². The summed E-state index contributed by atoms with van der Waals surface area (Å²) in [5.41, 5.74) is 1.38. The molecular formula is C17H14N2O4. The van der Waals surface area contributed by atoms with E-state index in [1.165, 1.54) is 7.11 Å². The number of rotatable bonds is 6. The lowest BCUT2D eigenvalue weighted by Crippen LogP contribution is -1.98. The third-order valence-corrected chi connectivity index (χ3v) is 3.17. The van der Waals surface area contributed by atoms with E-state index < -0.39 is 0 Å². The lowest BCUT2D eigenvalue weighted by molar-refractivity contribution is 0.112. The van der Waals surface area contributed by atoms with E-state index in [0.717, 1.165) is 11.8 Å². The van der Waals surface area contributed by atoms with Gasteiger partial charge in [0.25, 0.3) is 5.89 Å². The lowest BCUT2D eigenvalue weighted by atomic mass is 10.2. The van der Waals surface area contributed by atoms with E-state index in [-0.39, 0.29) is 6.61 Å². The molecule has 2 aromatic carbocycles. The zero-order valence-corrected chi connectivity index (χ0v) is 12.4. The molecule has 0 radical (unpaired) electrons. The third kappa shape index (κ3) is 3.37. The highest BCUT2D eigenvalue weighted by atomic mass is 16.5. The van der Waals surface area contributed by atoms with Crippen LogP contribution in [0.2, 0.25) is 0 Å². The first-order valence-corrected chi connectivity index (χ1v) is 6.94. The molecule has 0 aliphatic heterocycles. The van der Waals surface area contributed by atoms with Crippen molar-refractivity contribution in [2.45, 2.75) is 6.61 Å². The molecule has 0 fully saturated rings. The highest BCUT2D eigenvalue weighted by Crippen LogP contribution is 2.28. The summed E-state index contributed by atoms with van der Waals surface area (Å²) < 4.78 is 16.0. The van der Waals surface area contributed by atoms with Gasteiger partial charge in [-0.3, -0.25) is 4.79 Å². The molecule has 23 heavy (non-hydrogen) atoms. The van der Waals surface area contributed by atoms with Crippen molar-refractivity contribution in [3.63, 3.8) is 0 Å². The Bertz CT molecular complexity index is 799. The fourth-order valence-electron chi connectivity index (χ4n) is 2.03. The highest BCUT2D eigenvalue weighted by molar-refractivity contribution is 5.76. The first kappa shape index (κ1) is 14.8. The van der Waals surface area contributed by atoms with Gasteiger partial charge < -0.3 is 14.0 Å². The summed E-state index contributed by atoms with van der Waals surface area (Å²) in [6, 6.07) is 14.4. The van der Waals surface area contributed by atoms with Crippen LogP contribution in [0.4, 0.5) is 0 Å². The van der Waals surface area contributed by atoms with Crippen LogP contribution in [0.25, 0.3) is 11.4 Å². The Labute approximate surface area is 132 Å². The average Bonchev–Trinajstić information content (AvgIpc) is 3.09. The number of aromatic nitrogens is 2. The molecule has 0 amide bonds. The molecule has 0 atom stereocenters. The van der Waals surface area contributed by atoms with E-state index in [2.05, 4.69) is 10.1 Å². The molecule has 3 rings (SSSR count). The number of carbonyl (C=O) groups is 1. The van der Waals surface area contributed by atoms with E-state index in [4.69, 9.17) is 14.0 Å². The zero-order chi connectivity index (χ0) is 16.1. The van der Waals surface area contributed by atoms with Crippen LogP contribution in [0.1, 0.15) is 16.2 Å². The normalized spacial score (nSPS) is 10.3. The molecule has 1 heterocycles. The Morgan fingerprint density at radius 3 is 2.70 bits per heavy atom. The van der Waals surface area contributed by atoms with Gasteiger partial charge >= 0.3 is 0 Å². The molecule has 0 unspecified atom stereocenters. The molecule has 3 aromatic rings. The monoisotopic (exact) mass is 310 g/mol. The number of ether oxygens (including phenoxy) is 2. The van der Waals surface area contributed by atoms with Gasteiger partial charge in [0.1, 0.15) is 6.29 Å². The van der Waals surface area contributed by atoms with E-state index in [9.17, 15) is 4.79 Å². The molecule has 0 N–H and O–H groups in total. The van der Waals surface area contributed by atoms with Gasteiger partial charge in [-0.25, -0.2) is 0 Å². The largest absolute Gasteiger partial charge is 0.493 e. The summed E-state index contributed by atoms with van der Waals surface area (Å²) in [7, 11) is 1.51. The predicted molar refractivity (Wildman–Crippen MR) is 82.4 cm³/mol. The maximum atomic E-state index is 10.8. The summed E-state index contributed by atoms with van der Waals surface area (Å²) in [6.07, 6.45) is 0.746. The van der Waals surface area contributed by atoms with Crippen molar-refractivity contribution in [1.29, 1.82) is 0 Å². The number of methoxy groups -OCH3 is 1. The third-order valence-electron chi connectivity index (χ3n) is 3.17. The Hall–Kier alpha value is -3.15. The summed E-state index contributed by atoms with van der Waals surface area (Å²) in [5, 5.41) is 3.92. The Balaban J connectivity index is 1.72. The quantitative estimate of drug-likeness (QED) is 0.651. The minimum absolute atomic E-state index is 0.108. The minimum Gasteiger partial charge on any atom is -0.493 e. The number of hydrogen-bond donors (Lipinski definition) is 0. The number of benzene rings is 2. The van der Waals surface area contributed by atoms with Crippen LogP contribution in [0, 0.1) is 0 Å². The minimum atomic E-state index is 0.108. The second kappa shape index (κ2) is 6.74. The number of aldehydes is 1. The summed E-state index contributed by atoms with van der Waals surface area (Å²) in [4.78, 5) is 15.1. The Morgan fingerprint density at radius 2 is 1.96 bits per heavy atom. The van der Waals surface area contributed by atoms with Crippen molar-refractivity contribution in [2.75, 3.05) is 7.11 Å². The standard InChI is InChI=1S/C17H14N2O4/c1-21-15-9-12(10-20)7-8-14(15)22-11-16-18-17(19-23-16)13-5-3-2-4-6-13/h2-10H,11H2,1H3. The van der Waals surface area contributed by atoms with Crippen LogP contribution in [0.15, 0.2) is 53.1 Å². The fraction of sp³-hybridized carbons (Fsp3) is 0.118. The number of carbonyl (C=O) groups excluding carboxylic acids is 1. The van der Waals surface area contributed by atoms with Gasteiger partial charge in [-0.1, -0.05) is 35.5 Å². The van der Waals surface area contributed by atoms with Gasteiger partial charge in [-0.05, 0) is 18.2 Å². The SMILES string of the molecule is COc1cc(C=O)ccc1OCc1nc(-c2ccccc2)no1. The van der Waals surface area contributed by atoms with Crippen molar-refractivity contribution in [3.8, 4) is 22.9 Å². The van der Waals surface area contributed by atoms with E-state index in [0.29, 0.717) is 28.8 Å². The van der Waals surface area contributed by atoms with E-state index in [1.54, 1.807) is 18.2 Å². The molecule has 0 spiro atoms. The van der Waals surface area contributed by atoms with Crippen LogP contribution in [-0.2, 0) is 6.61 Å². The van der Waals surface area contributed by atoms with Crippen molar-refractivity contribution in [1.82, 2.24) is 10.1 Å². The second-order valence-electron chi connectivity index (χ2n) is 4.69. The zero-order valence-electron chi connectivity index (χ0n) is 12.4. The van der Waals surface area contributed by atoms with Crippen LogP contribution in [-0.4, -0.2) is 23.5 Å². The van der Waals surface area contributed by atoms with Crippen LogP contribution in [0.3, 0.4) is 0 Å². The van der Waals surface area contributed by atoms with Gasteiger partial charge in [0.15, 0.2) is 18.1 Å². The van der Waals surface area contributed by atoms with Gasteiger partial charge in [0.05, 0.1) is 7.11 Å². The van der Waals surface area contributed by atoms with Crippen LogP contribution >= 0.6 is 0 Å². The Kier molecular flexibility index (Phi) is 4.33. The molecule has 0 aliphatic carbocycles. The molecule has 0 saturated carbocycles. The average molecular weight is 310 g/mol. The van der Waals surface area contributed by atoms with Crippen LogP contribution in [0.5, 0.6) is 11.5 Å². The molecule has 1 aromatic heterocycles. The van der Waals surface area contributed by atoms with Gasteiger partial charge in [-0.15, -0.1) is 0 Å². The summed E-state index contributed by atoms with van der Waals surface area (Å²) in [5.74, 6) is 1.83. The van der Waals surface area contributed by atoms with Crippen molar-refractivity contribution >= 4 is 6.29 Å². The molecule has 0 saturated heterocycles. The fourth-order valence-corrected chi connectivity index (χ4v) is 2.03. The second-order valence-corrected chi connectivity index (χ2v) is 4.69. The molecular weight excluding hydrogens is 296 g/mol. The first-order chi connectivity index (χ1) is 11.3. The topological polar surface area (TPSA) is 74.5 Å².